The highest BCUT2D eigenvalue weighted by Crippen LogP contribution is 2.27. The summed E-state index contributed by atoms with van der Waals surface area (Å²) >= 11 is 0. The van der Waals surface area contributed by atoms with Gasteiger partial charge in [0.05, 0.1) is 30.6 Å². The molecule has 90 valence electrons. The fourth-order valence-corrected chi connectivity index (χ4v) is 1.37. The Morgan fingerprint density at radius 1 is 1.28 bits per heavy atom. The first kappa shape index (κ1) is 11.7. The lowest BCUT2D eigenvalue weighted by Crippen LogP contribution is -1.94. The molecule has 0 aliphatic carbocycles. The molecule has 0 saturated carbocycles. The van der Waals surface area contributed by atoms with Crippen molar-refractivity contribution in [3.8, 4) is 23.4 Å². The molecule has 1 aromatic carbocycles. The Bertz CT molecular complexity index is 588. The molecule has 0 unspecified atom stereocenters. The predicted molar refractivity (Wildman–Crippen MR) is 66.4 cm³/mol. The fraction of sp³-hybridized carbons (Fsp3) is 0.0769. The van der Waals surface area contributed by atoms with Crippen molar-refractivity contribution < 1.29 is 9.47 Å². The second-order valence-electron chi connectivity index (χ2n) is 3.50. The maximum absolute atomic E-state index is 8.73. The highest BCUT2D eigenvalue weighted by molar-refractivity contribution is 5.57. The van der Waals surface area contributed by atoms with E-state index in [2.05, 4.69) is 4.98 Å². The molecule has 0 aliphatic rings. The van der Waals surface area contributed by atoms with Crippen LogP contribution in [0.1, 0.15) is 5.56 Å². The number of hydrogen-bond acceptors (Lipinski definition) is 5. The number of nitriles is 1. The van der Waals surface area contributed by atoms with E-state index in [1.807, 2.05) is 6.07 Å². The van der Waals surface area contributed by atoms with E-state index < -0.39 is 0 Å². The van der Waals surface area contributed by atoms with E-state index in [1.165, 1.54) is 0 Å². The number of anilines is 1. The SMILES string of the molecule is COc1ccc(Oc2ccc(C#N)cc2N)nc1. The topological polar surface area (TPSA) is 81.2 Å². The van der Waals surface area contributed by atoms with Crippen LogP contribution in [0.2, 0.25) is 0 Å². The van der Waals surface area contributed by atoms with E-state index in [-0.39, 0.29) is 0 Å². The van der Waals surface area contributed by atoms with Crippen LogP contribution < -0.4 is 15.2 Å². The van der Waals surface area contributed by atoms with Crippen LogP contribution in [0.15, 0.2) is 36.5 Å². The Morgan fingerprint density at radius 3 is 2.67 bits per heavy atom. The number of nitrogens with two attached hydrogens (primary N) is 1. The van der Waals surface area contributed by atoms with Gasteiger partial charge in [0, 0.05) is 6.07 Å². The molecule has 0 aliphatic heterocycles. The molecular weight excluding hydrogens is 230 g/mol. The van der Waals surface area contributed by atoms with Crippen LogP contribution >= 0.6 is 0 Å². The van der Waals surface area contributed by atoms with E-state index in [9.17, 15) is 0 Å². The van der Waals surface area contributed by atoms with Gasteiger partial charge in [-0.3, -0.25) is 0 Å². The van der Waals surface area contributed by atoms with E-state index in [1.54, 1.807) is 43.6 Å². The Hall–Kier alpha value is -2.74. The van der Waals surface area contributed by atoms with E-state index in [0.717, 1.165) is 0 Å². The summed E-state index contributed by atoms with van der Waals surface area (Å²) in [6.45, 7) is 0. The molecule has 0 fully saturated rings. The maximum atomic E-state index is 8.73. The molecule has 5 nitrogen and oxygen atoms in total. The molecule has 2 aromatic rings. The lowest BCUT2D eigenvalue weighted by atomic mass is 10.2. The minimum absolute atomic E-state index is 0.395. The number of rotatable bonds is 3. The van der Waals surface area contributed by atoms with Gasteiger partial charge >= 0.3 is 0 Å². The van der Waals surface area contributed by atoms with Gasteiger partial charge < -0.3 is 15.2 Å². The number of benzene rings is 1. The standard InChI is InChI=1S/C13H11N3O2/c1-17-10-3-5-13(16-8-10)18-12-4-2-9(7-14)6-11(12)15/h2-6,8H,15H2,1H3. The molecule has 0 saturated heterocycles. The molecule has 2 N–H and O–H groups in total. The second kappa shape index (κ2) is 5.06. The molecule has 18 heavy (non-hydrogen) atoms. The van der Waals surface area contributed by atoms with Crippen molar-refractivity contribution in [2.24, 2.45) is 0 Å². The Balaban J connectivity index is 2.20. The largest absolute Gasteiger partial charge is 0.495 e. The second-order valence-corrected chi connectivity index (χ2v) is 3.50. The van der Waals surface area contributed by atoms with Crippen LogP contribution in [-0.2, 0) is 0 Å². The lowest BCUT2D eigenvalue weighted by molar-refractivity contribution is 0.408. The van der Waals surface area contributed by atoms with Crippen LogP contribution in [0.3, 0.4) is 0 Å². The number of hydrogen-bond donors (Lipinski definition) is 1. The van der Waals surface area contributed by atoms with Gasteiger partial charge in [0.25, 0.3) is 0 Å². The first-order valence-electron chi connectivity index (χ1n) is 5.20. The molecule has 1 aromatic heterocycles. The summed E-state index contributed by atoms with van der Waals surface area (Å²) in [7, 11) is 1.57. The zero-order chi connectivity index (χ0) is 13.0. The van der Waals surface area contributed by atoms with Crippen LogP contribution in [0.25, 0.3) is 0 Å². The lowest BCUT2D eigenvalue weighted by Gasteiger charge is -2.08. The predicted octanol–water partition coefficient (Wildman–Crippen LogP) is 2.34. The van der Waals surface area contributed by atoms with Gasteiger partial charge in [-0.2, -0.15) is 5.26 Å². The van der Waals surface area contributed by atoms with Gasteiger partial charge in [0.15, 0.2) is 5.75 Å². The monoisotopic (exact) mass is 241 g/mol. The maximum Gasteiger partial charge on any atom is 0.219 e. The number of methoxy groups -OCH3 is 1. The average molecular weight is 241 g/mol. The number of aromatic nitrogens is 1. The summed E-state index contributed by atoms with van der Waals surface area (Å²) in [5.41, 5.74) is 6.66. The minimum Gasteiger partial charge on any atom is -0.495 e. The Labute approximate surface area is 104 Å². The van der Waals surface area contributed by atoms with Crippen LogP contribution in [0.4, 0.5) is 5.69 Å². The normalized spacial score (nSPS) is 9.56. The van der Waals surface area contributed by atoms with Crippen molar-refractivity contribution in [3.63, 3.8) is 0 Å². The summed E-state index contributed by atoms with van der Waals surface area (Å²) < 4.78 is 10.5. The minimum atomic E-state index is 0.395. The van der Waals surface area contributed by atoms with Gasteiger partial charge in [0.2, 0.25) is 5.88 Å². The highest BCUT2D eigenvalue weighted by atomic mass is 16.5. The highest BCUT2D eigenvalue weighted by Gasteiger charge is 2.04. The van der Waals surface area contributed by atoms with Crippen molar-refractivity contribution in [1.29, 1.82) is 5.26 Å². The summed E-state index contributed by atoms with van der Waals surface area (Å²) in [6.07, 6.45) is 1.55. The number of pyridine rings is 1. The number of ether oxygens (including phenoxy) is 2. The molecule has 0 atom stereocenters. The van der Waals surface area contributed by atoms with Crippen molar-refractivity contribution in [3.05, 3.63) is 42.1 Å². The summed E-state index contributed by atoms with van der Waals surface area (Å²) in [6, 6.07) is 10.2. The quantitative estimate of drug-likeness (QED) is 0.834. The molecular formula is C13H11N3O2. The van der Waals surface area contributed by atoms with Crippen LogP contribution in [0, 0.1) is 11.3 Å². The van der Waals surface area contributed by atoms with Gasteiger partial charge in [-0.1, -0.05) is 0 Å². The first-order chi connectivity index (χ1) is 8.72. The van der Waals surface area contributed by atoms with E-state index in [0.29, 0.717) is 28.6 Å². The van der Waals surface area contributed by atoms with Gasteiger partial charge in [0.1, 0.15) is 5.75 Å². The molecule has 0 radical (unpaired) electrons. The third-order valence-electron chi connectivity index (χ3n) is 2.30. The third kappa shape index (κ3) is 2.50. The molecule has 1 heterocycles. The van der Waals surface area contributed by atoms with Crippen LogP contribution in [-0.4, -0.2) is 12.1 Å². The number of nitrogens with zero attached hydrogens (tertiary/aromatic N) is 2. The summed E-state index contributed by atoms with van der Waals surface area (Å²) in [4.78, 5) is 4.06. The van der Waals surface area contributed by atoms with Crippen molar-refractivity contribution in [2.75, 3.05) is 12.8 Å². The average Bonchev–Trinajstić information content (AvgIpc) is 2.42. The van der Waals surface area contributed by atoms with Gasteiger partial charge in [-0.15, -0.1) is 0 Å². The first-order valence-corrected chi connectivity index (χ1v) is 5.20. The van der Waals surface area contributed by atoms with Crippen molar-refractivity contribution >= 4 is 5.69 Å². The van der Waals surface area contributed by atoms with Gasteiger partial charge in [-0.25, -0.2) is 4.98 Å². The van der Waals surface area contributed by atoms with E-state index >= 15 is 0 Å². The molecule has 0 spiro atoms. The van der Waals surface area contributed by atoms with Gasteiger partial charge in [-0.05, 0) is 24.3 Å². The molecule has 5 heteroatoms. The van der Waals surface area contributed by atoms with Crippen molar-refractivity contribution in [2.45, 2.75) is 0 Å². The third-order valence-corrected chi connectivity index (χ3v) is 2.30. The van der Waals surface area contributed by atoms with Crippen LogP contribution in [0.5, 0.6) is 17.4 Å². The molecule has 0 bridgehead atoms. The summed E-state index contributed by atoms with van der Waals surface area (Å²) in [5.74, 6) is 1.52. The Morgan fingerprint density at radius 2 is 2.11 bits per heavy atom. The zero-order valence-electron chi connectivity index (χ0n) is 9.75. The fourth-order valence-electron chi connectivity index (χ4n) is 1.37. The Kier molecular flexibility index (Phi) is 3.30. The smallest absolute Gasteiger partial charge is 0.219 e. The summed E-state index contributed by atoms with van der Waals surface area (Å²) in [5, 5.41) is 8.73. The molecule has 0 amide bonds. The molecule has 2 rings (SSSR count). The number of nitrogen functional groups attached to an aromatic ring is 1. The van der Waals surface area contributed by atoms with E-state index in [4.69, 9.17) is 20.5 Å². The van der Waals surface area contributed by atoms with Crippen molar-refractivity contribution in [1.82, 2.24) is 4.98 Å². The zero-order valence-corrected chi connectivity index (χ0v) is 9.75.